The number of carbonyl (C=O) groups is 1. The molecule has 4 nitrogen and oxygen atoms in total. The number of nitrogens with one attached hydrogen (secondary N) is 1. The van der Waals surface area contributed by atoms with Crippen molar-refractivity contribution in [2.75, 3.05) is 6.54 Å². The van der Waals surface area contributed by atoms with Crippen LogP contribution in [0.1, 0.15) is 36.5 Å². The Morgan fingerprint density at radius 2 is 2.10 bits per heavy atom. The monoisotopic (exact) mass is 288 g/mol. The number of amides is 1. The highest BCUT2D eigenvalue weighted by molar-refractivity contribution is 5.80. The Hall–Kier alpha value is -1.39. The van der Waals surface area contributed by atoms with Crippen LogP contribution in [0, 0.1) is 24.7 Å². The topological polar surface area (TPSA) is 75.3 Å². The Balaban J connectivity index is 1.58. The molecule has 0 radical (unpaired) electrons. The summed E-state index contributed by atoms with van der Waals surface area (Å²) >= 11 is 0. The Morgan fingerprint density at radius 3 is 2.76 bits per heavy atom. The molecule has 4 N–H and O–H groups in total. The number of hydrogen-bond donors (Lipinski definition) is 3. The van der Waals surface area contributed by atoms with Crippen molar-refractivity contribution in [3.05, 3.63) is 35.4 Å². The van der Waals surface area contributed by atoms with Crippen LogP contribution in [-0.2, 0) is 4.79 Å². The molecule has 5 atom stereocenters. The normalized spacial score (nSPS) is 32.1. The van der Waals surface area contributed by atoms with Gasteiger partial charge in [-0.1, -0.05) is 24.3 Å². The fourth-order valence-electron chi connectivity index (χ4n) is 4.11. The number of carbonyl (C=O) groups excluding carboxylic acids is 1. The molecule has 0 spiro atoms. The van der Waals surface area contributed by atoms with Crippen molar-refractivity contribution in [2.45, 2.75) is 38.3 Å². The van der Waals surface area contributed by atoms with Crippen molar-refractivity contribution in [3.63, 3.8) is 0 Å². The van der Waals surface area contributed by atoms with Crippen molar-refractivity contribution in [3.8, 4) is 0 Å². The summed E-state index contributed by atoms with van der Waals surface area (Å²) in [5.74, 6) is 0.919. The third-order valence-electron chi connectivity index (χ3n) is 5.30. The van der Waals surface area contributed by atoms with Crippen LogP contribution in [0.4, 0.5) is 0 Å². The summed E-state index contributed by atoms with van der Waals surface area (Å²) in [6.45, 7) is 2.22. The average molecular weight is 288 g/mol. The number of aliphatic hydroxyl groups excluding tert-OH is 1. The van der Waals surface area contributed by atoms with Gasteiger partial charge in [-0.05, 0) is 49.1 Å². The van der Waals surface area contributed by atoms with Gasteiger partial charge in [-0.3, -0.25) is 4.79 Å². The first-order chi connectivity index (χ1) is 10.1. The molecule has 3 rings (SSSR count). The fourth-order valence-corrected chi connectivity index (χ4v) is 4.11. The highest BCUT2D eigenvalue weighted by atomic mass is 16.3. The Morgan fingerprint density at radius 1 is 1.38 bits per heavy atom. The number of aliphatic hydroxyl groups is 1. The van der Waals surface area contributed by atoms with Crippen molar-refractivity contribution in [1.82, 2.24) is 5.32 Å². The molecule has 2 aliphatic rings. The molecule has 5 unspecified atom stereocenters. The number of nitrogens with two attached hydrogens (primary N) is 1. The third-order valence-corrected chi connectivity index (χ3v) is 5.30. The zero-order chi connectivity index (χ0) is 15.0. The van der Waals surface area contributed by atoms with E-state index in [4.69, 9.17) is 5.73 Å². The van der Waals surface area contributed by atoms with Crippen LogP contribution in [0.3, 0.4) is 0 Å². The van der Waals surface area contributed by atoms with Gasteiger partial charge >= 0.3 is 0 Å². The van der Waals surface area contributed by atoms with Gasteiger partial charge in [0.1, 0.15) is 0 Å². The molecule has 1 aromatic rings. The average Bonchev–Trinajstić information content (AvgIpc) is 3.06. The summed E-state index contributed by atoms with van der Waals surface area (Å²) in [6, 6.07) is 7.71. The first kappa shape index (κ1) is 14.5. The standard InChI is InChI=1S/C17H24N2O2/c1-10-4-2-3-5-13(10)14(20)9-19-17(21)15-11-6-7-12(8-11)16(15)18/h2-5,11-12,14-16,20H,6-9,18H2,1H3,(H,19,21). The molecule has 0 heterocycles. The van der Waals surface area contributed by atoms with Crippen LogP contribution in [0.25, 0.3) is 0 Å². The molecule has 1 amide bonds. The summed E-state index contributed by atoms with van der Waals surface area (Å²) in [5, 5.41) is 13.1. The van der Waals surface area contributed by atoms with E-state index in [1.165, 1.54) is 6.42 Å². The summed E-state index contributed by atoms with van der Waals surface area (Å²) < 4.78 is 0. The molecule has 2 saturated carbocycles. The number of hydrogen-bond acceptors (Lipinski definition) is 3. The Bertz CT molecular complexity index is 529. The lowest BCUT2D eigenvalue weighted by Crippen LogP contribution is -2.46. The third kappa shape index (κ3) is 2.70. The van der Waals surface area contributed by atoms with E-state index in [0.29, 0.717) is 11.8 Å². The van der Waals surface area contributed by atoms with E-state index in [9.17, 15) is 9.90 Å². The second-order valence-corrected chi connectivity index (χ2v) is 6.55. The highest BCUT2D eigenvalue weighted by Crippen LogP contribution is 2.47. The van der Waals surface area contributed by atoms with Crippen LogP contribution in [0.15, 0.2) is 24.3 Å². The van der Waals surface area contributed by atoms with Gasteiger partial charge in [0.05, 0.1) is 12.0 Å². The smallest absolute Gasteiger partial charge is 0.225 e. The molecule has 0 saturated heterocycles. The van der Waals surface area contributed by atoms with E-state index >= 15 is 0 Å². The quantitative estimate of drug-likeness (QED) is 0.786. The molecule has 2 bridgehead atoms. The number of benzene rings is 1. The van der Waals surface area contributed by atoms with E-state index in [1.807, 2.05) is 31.2 Å². The maximum atomic E-state index is 12.4. The maximum absolute atomic E-state index is 12.4. The van der Waals surface area contributed by atoms with Gasteiger partial charge in [-0.25, -0.2) is 0 Å². The van der Waals surface area contributed by atoms with Crippen molar-refractivity contribution < 1.29 is 9.90 Å². The van der Waals surface area contributed by atoms with Crippen LogP contribution < -0.4 is 11.1 Å². The fraction of sp³-hybridized carbons (Fsp3) is 0.588. The molecule has 0 aliphatic heterocycles. The van der Waals surface area contributed by atoms with Crippen molar-refractivity contribution in [2.24, 2.45) is 23.5 Å². The molecule has 21 heavy (non-hydrogen) atoms. The van der Waals surface area contributed by atoms with Gasteiger partial charge in [0, 0.05) is 12.6 Å². The molecule has 0 aromatic heterocycles. The largest absolute Gasteiger partial charge is 0.387 e. The minimum absolute atomic E-state index is 0.000598. The van der Waals surface area contributed by atoms with Gasteiger partial charge < -0.3 is 16.2 Å². The van der Waals surface area contributed by atoms with Crippen LogP contribution in [0.2, 0.25) is 0 Å². The van der Waals surface area contributed by atoms with E-state index < -0.39 is 6.10 Å². The molecule has 1 aromatic carbocycles. The Kier molecular flexibility index (Phi) is 4.00. The predicted molar refractivity (Wildman–Crippen MR) is 81.4 cm³/mol. The minimum Gasteiger partial charge on any atom is -0.387 e. The summed E-state index contributed by atoms with van der Waals surface area (Å²) in [5.41, 5.74) is 8.09. The van der Waals surface area contributed by atoms with Gasteiger partial charge in [-0.2, -0.15) is 0 Å². The SMILES string of the molecule is Cc1ccccc1C(O)CNC(=O)C1C2CCC(C2)C1N. The van der Waals surface area contributed by atoms with Crippen LogP contribution in [0.5, 0.6) is 0 Å². The lowest BCUT2D eigenvalue weighted by Gasteiger charge is -2.27. The van der Waals surface area contributed by atoms with Gasteiger partial charge in [0.2, 0.25) is 5.91 Å². The molecule has 4 heteroatoms. The first-order valence-electron chi connectivity index (χ1n) is 7.85. The minimum atomic E-state index is -0.662. The second-order valence-electron chi connectivity index (χ2n) is 6.55. The van der Waals surface area contributed by atoms with Crippen molar-refractivity contribution in [1.29, 1.82) is 0 Å². The molecule has 114 valence electrons. The Labute approximate surface area is 125 Å². The lowest BCUT2D eigenvalue weighted by atomic mass is 9.84. The van der Waals surface area contributed by atoms with Gasteiger partial charge in [0.25, 0.3) is 0 Å². The highest BCUT2D eigenvalue weighted by Gasteiger charge is 2.48. The number of fused-ring (bicyclic) bond motifs is 2. The number of aryl methyl sites for hydroxylation is 1. The molecular formula is C17H24N2O2. The van der Waals surface area contributed by atoms with E-state index in [0.717, 1.165) is 24.0 Å². The second kappa shape index (κ2) is 5.78. The predicted octanol–water partition coefficient (Wildman–Crippen LogP) is 1.52. The van der Waals surface area contributed by atoms with E-state index in [-0.39, 0.29) is 24.4 Å². The zero-order valence-corrected chi connectivity index (χ0v) is 12.5. The van der Waals surface area contributed by atoms with Crippen molar-refractivity contribution >= 4 is 5.91 Å². The molecular weight excluding hydrogens is 264 g/mol. The number of rotatable bonds is 4. The van der Waals surface area contributed by atoms with Gasteiger partial charge in [0.15, 0.2) is 0 Å². The van der Waals surface area contributed by atoms with E-state index in [2.05, 4.69) is 5.32 Å². The van der Waals surface area contributed by atoms with Crippen LogP contribution in [-0.4, -0.2) is 23.6 Å². The molecule has 2 aliphatic carbocycles. The summed E-state index contributed by atoms with van der Waals surface area (Å²) in [7, 11) is 0. The zero-order valence-electron chi connectivity index (χ0n) is 12.5. The summed E-state index contributed by atoms with van der Waals surface area (Å²) in [4.78, 5) is 12.4. The lowest BCUT2D eigenvalue weighted by molar-refractivity contribution is -0.127. The van der Waals surface area contributed by atoms with Crippen LogP contribution >= 0.6 is 0 Å². The first-order valence-corrected chi connectivity index (χ1v) is 7.85. The summed E-state index contributed by atoms with van der Waals surface area (Å²) in [6.07, 6.45) is 2.72. The maximum Gasteiger partial charge on any atom is 0.225 e. The van der Waals surface area contributed by atoms with E-state index in [1.54, 1.807) is 0 Å². The van der Waals surface area contributed by atoms with Gasteiger partial charge in [-0.15, -0.1) is 0 Å². The molecule has 2 fully saturated rings.